The van der Waals surface area contributed by atoms with Crippen LogP contribution in [0, 0.1) is 6.61 Å². The SMILES string of the molecule is OC[C@H]1O[CH]CC[C@@H]1O. The maximum atomic E-state index is 9.06. The van der Waals surface area contributed by atoms with E-state index in [4.69, 9.17) is 14.9 Å². The van der Waals surface area contributed by atoms with E-state index in [1.54, 1.807) is 6.61 Å². The molecule has 0 aliphatic carbocycles. The van der Waals surface area contributed by atoms with Crippen molar-refractivity contribution >= 4 is 0 Å². The van der Waals surface area contributed by atoms with E-state index in [-0.39, 0.29) is 6.61 Å². The highest BCUT2D eigenvalue weighted by Gasteiger charge is 2.22. The molecule has 53 valence electrons. The highest BCUT2D eigenvalue weighted by Crippen LogP contribution is 2.15. The molecule has 0 aromatic carbocycles. The van der Waals surface area contributed by atoms with Crippen LogP contribution in [0.5, 0.6) is 0 Å². The molecule has 0 amide bonds. The van der Waals surface area contributed by atoms with E-state index in [0.29, 0.717) is 6.42 Å². The molecule has 1 radical (unpaired) electrons. The standard InChI is InChI=1S/C6H11O3/c7-4-6-5(8)2-1-3-9-6/h3,5-8H,1-2,4H2/t5-,6+/m0/s1. The monoisotopic (exact) mass is 131 g/mol. The number of hydrogen-bond donors (Lipinski definition) is 2. The fourth-order valence-electron chi connectivity index (χ4n) is 0.872. The van der Waals surface area contributed by atoms with E-state index in [0.717, 1.165) is 6.42 Å². The van der Waals surface area contributed by atoms with Crippen molar-refractivity contribution in [3.8, 4) is 0 Å². The summed E-state index contributed by atoms with van der Waals surface area (Å²) in [6, 6.07) is 0. The van der Waals surface area contributed by atoms with Gasteiger partial charge in [0.15, 0.2) is 0 Å². The molecule has 3 nitrogen and oxygen atoms in total. The van der Waals surface area contributed by atoms with Crippen LogP contribution in [0.25, 0.3) is 0 Å². The lowest BCUT2D eigenvalue weighted by atomic mass is 10.1. The molecule has 0 aromatic rings. The van der Waals surface area contributed by atoms with Crippen LogP contribution in [0.15, 0.2) is 0 Å². The van der Waals surface area contributed by atoms with Crippen molar-refractivity contribution in [1.82, 2.24) is 0 Å². The average molecular weight is 131 g/mol. The molecule has 0 unspecified atom stereocenters. The zero-order valence-corrected chi connectivity index (χ0v) is 5.16. The van der Waals surface area contributed by atoms with Crippen molar-refractivity contribution in [2.75, 3.05) is 6.61 Å². The van der Waals surface area contributed by atoms with Gasteiger partial charge in [-0.05, 0) is 12.8 Å². The summed E-state index contributed by atoms with van der Waals surface area (Å²) in [7, 11) is 0. The summed E-state index contributed by atoms with van der Waals surface area (Å²) in [5.41, 5.74) is 0. The lowest BCUT2D eigenvalue weighted by Crippen LogP contribution is -2.34. The Hall–Kier alpha value is -0.120. The van der Waals surface area contributed by atoms with Gasteiger partial charge < -0.3 is 14.9 Å². The van der Waals surface area contributed by atoms with Gasteiger partial charge in [0, 0.05) is 0 Å². The Morgan fingerprint density at radius 2 is 2.44 bits per heavy atom. The van der Waals surface area contributed by atoms with E-state index in [2.05, 4.69) is 0 Å². The summed E-state index contributed by atoms with van der Waals surface area (Å²) in [6.07, 6.45) is 0.599. The predicted molar refractivity (Wildman–Crippen MR) is 31.5 cm³/mol. The van der Waals surface area contributed by atoms with Crippen LogP contribution in [0.3, 0.4) is 0 Å². The first-order valence-electron chi connectivity index (χ1n) is 3.10. The minimum absolute atomic E-state index is 0.0995. The fourth-order valence-corrected chi connectivity index (χ4v) is 0.872. The highest BCUT2D eigenvalue weighted by molar-refractivity contribution is 4.76. The van der Waals surface area contributed by atoms with Crippen LogP contribution in [-0.4, -0.2) is 29.0 Å². The van der Waals surface area contributed by atoms with E-state index in [1.165, 1.54) is 0 Å². The zero-order chi connectivity index (χ0) is 6.69. The molecule has 1 rings (SSSR count). The lowest BCUT2D eigenvalue weighted by Gasteiger charge is -2.25. The Labute approximate surface area is 54.3 Å². The van der Waals surface area contributed by atoms with Gasteiger partial charge in [0.05, 0.1) is 19.3 Å². The average Bonchev–Trinajstić information content (AvgIpc) is 1.89. The molecule has 1 fully saturated rings. The normalized spacial score (nSPS) is 36.7. The lowest BCUT2D eigenvalue weighted by molar-refractivity contribution is -0.0672. The molecule has 3 heteroatoms. The Kier molecular flexibility index (Phi) is 2.45. The predicted octanol–water partition coefficient (Wildman–Crippen LogP) is -0.320. The molecule has 2 atom stereocenters. The van der Waals surface area contributed by atoms with Crippen molar-refractivity contribution in [3.63, 3.8) is 0 Å². The smallest absolute Gasteiger partial charge is 0.107 e. The molecule has 1 aliphatic rings. The molecule has 0 saturated carbocycles. The summed E-state index contributed by atoms with van der Waals surface area (Å²) in [5.74, 6) is 0. The van der Waals surface area contributed by atoms with Crippen molar-refractivity contribution < 1.29 is 14.9 Å². The Morgan fingerprint density at radius 3 is 2.89 bits per heavy atom. The molecule has 1 saturated heterocycles. The molecule has 1 heterocycles. The van der Waals surface area contributed by atoms with E-state index in [1.807, 2.05) is 0 Å². The maximum Gasteiger partial charge on any atom is 0.107 e. The Morgan fingerprint density at radius 1 is 1.67 bits per heavy atom. The fraction of sp³-hybridized carbons (Fsp3) is 0.833. The van der Waals surface area contributed by atoms with Crippen molar-refractivity contribution in [2.24, 2.45) is 0 Å². The summed E-state index contributed by atoms with van der Waals surface area (Å²) < 4.78 is 4.91. The largest absolute Gasteiger partial charge is 0.394 e. The first-order valence-corrected chi connectivity index (χ1v) is 3.10. The van der Waals surface area contributed by atoms with Crippen LogP contribution in [0.1, 0.15) is 12.8 Å². The minimum atomic E-state index is -0.486. The van der Waals surface area contributed by atoms with Crippen LogP contribution in [0.2, 0.25) is 0 Å². The van der Waals surface area contributed by atoms with Gasteiger partial charge >= 0.3 is 0 Å². The van der Waals surface area contributed by atoms with Crippen molar-refractivity contribution in [3.05, 3.63) is 6.61 Å². The van der Waals surface area contributed by atoms with Gasteiger partial charge in [0.25, 0.3) is 0 Å². The first kappa shape index (κ1) is 6.99. The van der Waals surface area contributed by atoms with Crippen LogP contribution < -0.4 is 0 Å². The number of aliphatic hydroxyl groups excluding tert-OH is 2. The second-order valence-electron chi connectivity index (χ2n) is 2.17. The van der Waals surface area contributed by atoms with Crippen LogP contribution >= 0.6 is 0 Å². The van der Waals surface area contributed by atoms with Gasteiger partial charge in [-0.15, -0.1) is 0 Å². The van der Waals surface area contributed by atoms with Gasteiger partial charge in [-0.3, -0.25) is 0 Å². The van der Waals surface area contributed by atoms with Crippen LogP contribution in [-0.2, 0) is 4.74 Å². The topological polar surface area (TPSA) is 49.7 Å². The van der Waals surface area contributed by atoms with Gasteiger partial charge in [0.1, 0.15) is 6.10 Å². The summed E-state index contributed by atoms with van der Waals surface area (Å²) in [5, 5.41) is 17.6. The Bertz CT molecular complexity index is 84.4. The third-order valence-corrected chi connectivity index (χ3v) is 1.46. The molecule has 0 spiro atoms. The van der Waals surface area contributed by atoms with Crippen LogP contribution in [0.4, 0.5) is 0 Å². The van der Waals surface area contributed by atoms with Gasteiger partial charge in [-0.1, -0.05) is 0 Å². The third-order valence-electron chi connectivity index (χ3n) is 1.46. The maximum absolute atomic E-state index is 9.06. The number of aliphatic hydroxyl groups is 2. The molecule has 0 bridgehead atoms. The second kappa shape index (κ2) is 3.15. The van der Waals surface area contributed by atoms with Gasteiger partial charge in [0.2, 0.25) is 0 Å². The number of rotatable bonds is 1. The summed E-state index contributed by atoms with van der Waals surface area (Å²) in [6.45, 7) is 1.53. The number of hydrogen-bond acceptors (Lipinski definition) is 3. The molecule has 2 N–H and O–H groups in total. The number of ether oxygens (including phenoxy) is 1. The van der Waals surface area contributed by atoms with E-state index in [9.17, 15) is 0 Å². The molecule has 9 heavy (non-hydrogen) atoms. The molecule has 1 aliphatic heterocycles. The van der Waals surface area contributed by atoms with Crippen molar-refractivity contribution in [1.29, 1.82) is 0 Å². The molecular weight excluding hydrogens is 120 g/mol. The molecular formula is C6H11O3. The van der Waals surface area contributed by atoms with E-state index >= 15 is 0 Å². The van der Waals surface area contributed by atoms with Gasteiger partial charge in [-0.25, -0.2) is 0 Å². The zero-order valence-electron chi connectivity index (χ0n) is 5.16. The summed E-state index contributed by atoms with van der Waals surface area (Å²) >= 11 is 0. The minimum Gasteiger partial charge on any atom is -0.394 e. The third kappa shape index (κ3) is 1.64. The first-order chi connectivity index (χ1) is 4.34. The Balaban J connectivity index is 2.30. The summed E-state index contributed by atoms with van der Waals surface area (Å²) in [4.78, 5) is 0. The molecule has 0 aromatic heterocycles. The highest BCUT2D eigenvalue weighted by atomic mass is 16.5. The quantitative estimate of drug-likeness (QED) is 0.512. The second-order valence-corrected chi connectivity index (χ2v) is 2.17. The van der Waals surface area contributed by atoms with E-state index < -0.39 is 12.2 Å². The van der Waals surface area contributed by atoms with Gasteiger partial charge in [-0.2, -0.15) is 0 Å². The van der Waals surface area contributed by atoms with Crippen molar-refractivity contribution in [2.45, 2.75) is 25.0 Å².